The first kappa shape index (κ1) is 12.6. The lowest BCUT2D eigenvalue weighted by Gasteiger charge is -1.95. The SMILES string of the molecule is Fc1c(F)c(F)c2c(F)c(F)c(F)c-2c(F)c1F. The van der Waals surface area contributed by atoms with Gasteiger partial charge in [0.15, 0.2) is 40.7 Å². The van der Waals surface area contributed by atoms with Crippen LogP contribution in [0.4, 0.5) is 35.1 Å². The lowest BCUT2D eigenvalue weighted by atomic mass is 10.1. The highest BCUT2D eigenvalue weighted by molar-refractivity contribution is 5.69. The van der Waals surface area contributed by atoms with Gasteiger partial charge in [0.25, 0.3) is 0 Å². The molecule has 8 heteroatoms. The molecule has 2 aliphatic rings. The smallest absolute Gasteiger partial charge is 0.200 e. The first-order valence-electron chi connectivity index (χ1n) is 4.26. The third-order valence-corrected chi connectivity index (χ3v) is 2.28. The summed E-state index contributed by atoms with van der Waals surface area (Å²) in [5.41, 5.74) is -3.66. The molecule has 0 fully saturated rings. The van der Waals surface area contributed by atoms with Gasteiger partial charge < -0.3 is 0 Å². The molecule has 0 heterocycles. The van der Waals surface area contributed by atoms with Crippen molar-refractivity contribution in [3.05, 3.63) is 46.5 Å². The molecule has 0 unspecified atom stereocenters. The van der Waals surface area contributed by atoms with Crippen LogP contribution in [0.3, 0.4) is 0 Å². The van der Waals surface area contributed by atoms with E-state index in [0.717, 1.165) is 0 Å². The average Bonchev–Trinajstić information content (AvgIpc) is 2.55. The highest BCUT2D eigenvalue weighted by Gasteiger charge is 2.35. The van der Waals surface area contributed by atoms with E-state index in [2.05, 4.69) is 0 Å². The van der Waals surface area contributed by atoms with Crippen molar-refractivity contribution < 1.29 is 35.1 Å². The molecule has 2 aliphatic carbocycles. The summed E-state index contributed by atoms with van der Waals surface area (Å²) in [5.74, 6) is -19.5. The minimum Gasteiger partial charge on any atom is -0.203 e. The highest BCUT2D eigenvalue weighted by Crippen LogP contribution is 2.39. The quantitative estimate of drug-likeness (QED) is 0.638. The number of hydrogen-bond donors (Lipinski definition) is 0. The highest BCUT2D eigenvalue weighted by atomic mass is 19.2. The molecule has 0 aromatic heterocycles. The first-order chi connectivity index (χ1) is 8.29. The zero-order valence-corrected chi connectivity index (χ0v) is 8.02. The fraction of sp³-hybridized carbons (Fsp3) is 0. The molecule has 0 nitrogen and oxygen atoms in total. The molecule has 0 amide bonds. The van der Waals surface area contributed by atoms with E-state index in [1.54, 1.807) is 0 Å². The average molecular weight is 272 g/mol. The van der Waals surface area contributed by atoms with Crippen LogP contribution in [0.15, 0.2) is 0 Å². The van der Waals surface area contributed by atoms with Gasteiger partial charge in [0.1, 0.15) is 0 Å². The second-order valence-electron chi connectivity index (χ2n) is 3.26. The number of rotatable bonds is 0. The minimum atomic E-state index is -2.60. The van der Waals surface area contributed by atoms with Gasteiger partial charge in [-0.15, -0.1) is 0 Å². The van der Waals surface area contributed by atoms with Crippen LogP contribution < -0.4 is 0 Å². The molecule has 0 radical (unpaired) electrons. The lowest BCUT2D eigenvalue weighted by Crippen LogP contribution is -1.91. The van der Waals surface area contributed by atoms with E-state index >= 15 is 0 Å². The van der Waals surface area contributed by atoms with Crippen molar-refractivity contribution >= 4 is 0 Å². The van der Waals surface area contributed by atoms with Crippen LogP contribution in [-0.4, -0.2) is 0 Å². The monoisotopic (exact) mass is 272 g/mol. The summed E-state index contributed by atoms with van der Waals surface area (Å²) in [6, 6.07) is 0. The van der Waals surface area contributed by atoms with Crippen molar-refractivity contribution in [3.63, 3.8) is 0 Å². The Morgan fingerprint density at radius 1 is 0.278 bits per heavy atom. The minimum absolute atomic E-state index is 1.83. The third-order valence-electron chi connectivity index (χ3n) is 2.28. The van der Waals surface area contributed by atoms with Crippen LogP contribution in [-0.2, 0) is 0 Å². The van der Waals surface area contributed by atoms with Gasteiger partial charge in [-0.05, 0) is 0 Å². The summed E-state index contributed by atoms with van der Waals surface area (Å²) in [7, 11) is 0. The number of fused-ring (bicyclic) bond motifs is 1. The van der Waals surface area contributed by atoms with Gasteiger partial charge >= 0.3 is 0 Å². The molecule has 0 bridgehead atoms. The Labute approximate surface area is 93.8 Å². The van der Waals surface area contributed by atoms with E-state index in [1.807, 2.05) is 0 Å². The van der Waals surface area contributed by atoms with Crippen molar-refractivity contribution in [1.82, 2.24) is 0 Å². The molecule has 18 heavy (non-hydrogen) atoms. The summed E-state index contributed by atoms with van der Waals surface area (Å²) in [4.78, 5) is 0. The van der Waals surface area contributed by atoms with E-state index in [4.69, 9.17) is 0 Å². The zero-order valence-electron chi connectivity index (χ0n) is 8.02. The fourth-order valence-corrected chi connectivity index (χ4v) is 1.46. The van der Waals surface area contributed by atoms with Gasteiger partial charge in [-0.3, -0.25) is 0 Å². The molecule has 96 valence electrons. The Kier molecular flexibility index (Phi) is 2.67. The zero-order chi connectivity index (χ0) is 13.8. The Balaban J connectivity index is 3.14. The van der Waals surface area contributed by atoms with Crippen molar-refractivity contribution in [2.75, 3.05) is 0 Å². The Morgan fingerprint density at radius 2 is 0.444 bits per heavy atom. The van der Waals surface area contributed by atoms with Gasteiger partial charge in [0.2, 0.25) is 5.82 Å². The summed E-state index contributed by atoms with van der Waals surface area (Å²) in [6.45, 7) is 0. The maximum atomic E-state index is 13.2. The number of hydrogen-bond acceptors (Lipinski definition) is 0. The summed E-state index contributed by atoms with van der Waals surface area (Å²) < 4.78 is 104. The van der Waals surface area contributed by atoms with Crippen molar-refractivity contribution in [1.29, 1.82) is 0 Å². The fourth-order valence-electron chi connectivity index (χ4n) is 1.46. The summed E-state index contributed by atoms with van der Waals surface area (Å²) in [5, 5.41) is 0. The molecular formula is C10F8. The molecule has 0 saturated heterocycles. The van der Waals surface area contributed by atoms with Gasteiger partial charge in [-0.25, -0.2) is 35.1 Å². The largest absolute Gasteiger partial charge is 0.203 e. The van der Waals surface area contributed by atoms with Gasteiger partial charge in [-0.2, -0.15) is 0 Å². The maximum absolute atomic E-state index is 13.2. The van der Waals surface area contributed by atoms with Crippen molar-refractivity contribution in [2.24, 2.45) is 0 Å². The third kappa shape index (κ3) is 1.37. The Hall–Kier alpha value is -1.86. The predicted molar refractivity (Wildman–Crippen MR) is 42.7 cm³/mol. The second-order valence-corrected chi connectivity index (χ2v) is 3.26. The summed E-state index contributed by atoms with van der Waals surface area (Å²) >= 11 is 0. The molecule has 0 aliphatic heterocycles. The van der Waals surface area contributed by atoms with E-state index in [0.29, 0.717) is 0 Å². The van der Waals surface area contributed by atoms with Crippen LogP contribution in [0.2, 0.25) is 0 Å². The second kappa shape index (κ2) is 3.82. The van der Waals surface area contributed by atoms with Gasteiger partial charge in [0, 0.05) is 0 Å². The standard InChI is InChI=1S/C10F8/c11-3-1-2(4(12)7(3)15)6(14)9(17)10(18)8(16)5(1)13. The van der Waals surface area contributed by atoms with Gasteiger partial charge in [-0.1, -0.05) is 0 Å². The van der Waals surface area contributed by atoms with Crippen LogP contribution in [0.5, 0.6) is 0 Å². The first-order valence-corrected chi connectivity index (χ1v) is 4.26. The van der Waals surface area contributed by atoms with Crippen LogP contribution in [0.25, 0.3) is 11.1 Å². The van der Waals surface area contributed by atoms with E-state index in [1.165, 1.54) is 0 Å². The van der Waals surface area contributed by atoms with E-state index < -0.39 is 57.7 Å². The lowest BCUT2D eigenvalue weighted by molar-refractivity contribution is 0.398. The molecule has 0 aromatic rings. The maximum Gasteiger partial charge on any atom is 0.200 e. The van der Waals surface area contributed by atoms with Crippen LogP contribution in [0, 0.1) is 46.5 Å². The van der Waals surface area contributed by atoms with Crippen LogP contribution >= 0.6 is 0 Å². The van der Waals surface area contributed by atoms with Crippen LogP contribution in [0.1, 0.15) is 0 Å². The number of halogens is 8. The molecule has 0 spiro atoms. The van der Waals surface area contributed by atoms with Gasteiger partial charge in [0.05, 0.1) is 11.1 Å². The van der Waals surface area contributed by atoms with Crippen molar-refractivity contribution in [2.45, 2.75) is 0 Å². The molecular weight excluding hydrogens is 272 g/mol. The molecule has 0 saturated carbocycles. The topological polar surface area (TPSA) is 0 Å². The molecule has 2 rings (SSSR count). The Bertz CT molecular complexity index is 582. The Morgan fingerprint density at radius 3 is 0.722 bits per heavy atom. The van der Waals surface area contributed by atoms with E-state index in [9.17, 15) is 35.1 Å². The summed E-state index contributed by atoms with van der Waals surface area (Å²) in [6.07, 6.45) is 0. The predicted octanol–water partition coefficient (Wildman–Crippen LogP) is 3.90. The molecule has 0 aromatic carbocycles. The van der Waals surface area contributed by atoms with E-state index in [-0.39, 0.29) is 0 Å². The molecule has 0 atom stereocenters. The van der Waals surface area contributed by atoms with Crippen molar-refractivity contribution in [3.8, 4) is 11.1 Å². The molecule has 0 N–H and O–H groups in total. The normalized spacial score (nSPS) is 11.3.